The van der Waals surface area contributed by atoms with E-state index in [0.29, 0.717) is 0 Å². The van der Waals surface area contributed by atoms with Crippen LogP contribution >= 0.6 is 0 Å². The molecule has 21 heavy (non-hydrogen) atoms. The van der Waals surface area contributed by atoms with E-state index in [1.54, 1.807) is 13.2 Å². The minimum atomic E-state index is -0.809. The molecule has 0 saturated heterocycles. The number of hydrogen-bond acceptors (Lipinski definition) is 2. The van der Waals surface area contributed by atoms with Gasteiger partial charge in [-0.3, -0.25) is 4.79 Å². The van der Waals surface area contributed by atoms with Crippen molar-refractivity contribution >= 4 is 11.5 Å². The average Bonchev–Trinajstić information content (AvgIpc) is 2.49. The van der Waals surface area contributed by atoms with Crippen molar-refractivity contribution in [3.8, 4) is 5.75 Å². The fourth-order valence-corrected chi connectivity index (χ4v) is 2.05. The standard InChI is InChI=1S/C18H24O3/c1-3-4-5-8-15(9-6-7-10-18(19)20)16-11-13-17(21-2)14-12-16/h6-7,9,11-14H,3-5,8,10H2,1-2H3,(H,19,20)/b7-6+,15-9+. The first-order valence-corrected chi connectivity index (χ1v) is 7.39. The van der Waals surface area contributed by atoms with E-state index in [1.807, 2.05) is 36.4 Å². The Hall–Kier alpha value is -2.03. The molecular weight excluding hydrogens is 264 g/mol. The van der Waals surface area contributed by atoms with E-state index in [4.69, 9.17) is 9.84 Å². The Kier molecular flexibility index (Phi) is 7.95. The maximum absolute atomic E-state index is 10.5. The Bertz CT molecular complexity index is 484. The van der Waals surface area contributed by atoms with Crippen LogP contribution in [0.5, 0.6) is 5.75 Å². The van der Waals surface area contributed by atoms with Gasteiger partial charge >= 0.3 is 5.97 Å². The van der Waals surface area contributed by atoms with Gasteiger partial charge in [-0.1, -0.05) is 50.1 Å². The maximum atomic E-state index is 10.5. The lowest BCUT2D eigenvalue weighted by Gasteiger charge is -2.08. The SMILES string of the molecule is CCCCC/C(=C\C=C\CC(=O)O)c1ccc(OC)cc1. The first-order valence-electron chi connectivity index (χ1n) is 7.39. The zero-order valence-corrected chi connectivity index (χ0v) is 12.8. The number of carbonyl (C=O) groups is 1. The topological polar surface area (TPSA) is 46.5 Å². The molecule has 0 bridgehead atoms. The van der Waals surface area contributed by atoms with E-state index in [9.17, 15) is 4.79 Å². The van der Waals surface area contributed by atoms with E-state index in [1.165, 1.54) is 18.4 Å². The van der Waals surface area contributed by atoms with E-state index >= 15 is 0 Å². The quantitative estimate of drug-likeness (QED) is 0.529. The summed E-state index contributed by atoms with van der Waals surface area (Å²) in [7, 11) is 1.65. The molecule has 0 heterocycles. The monoisotopic (exact) mass is 288 g/mol. The zero-order chi connectivity index (χ0) is 15.5. The molecular formula is C18H24O3. The molecule has 114 valence electrons. The van der Waals surface area contributed by atoms with Crippen molar-refractivity contribution in [3.05, 3.63) is 48.1 Å². The van der Waals surface area contributed by atoms with Gasteiger partial charge in [-0.25, -0.2) is 0 Å². The Balaban J connectivity index is 2.81. The van der Waals surface area contributed by atoms with Gasteiger partial charge in [0.2, 0.25) is 0 Å². The highest BCUT2D eigenvalue weighted by Crippen LogP contribution is 2.23. The van der Waals surface area contributed by atoms with E-state index in [0.717, 1.165) is 24.2 Å². The average molecular weight is 288 g/mol. The first kappa shape index (κ1) is 17.0. The second-order valence-electron chi connectivity index (χ2n) is 4.90. The van der Waals surface area contributed by atoms with Crippen LogP contribution in [0.15, 0.2) is 42.5 Å². The van der Waals surface area contributed by atoms with Crippen molar-refractivity contribution in [1.82, 2.24) is 0 Å². The van der Waals surface area contributed by atoms with Crippen LogP contribution in [-0.2, 0) is 4.79 Å². The van der Waals surface area contributed by atoms with Gasteiger partial charge in [0.15, 0.2) is 0 Å². The van der Waals surface area contributed by atoms with Crippen LogP contribution in [0.25, 0.3) is 5.57 Å². The van der Waals surface area contributed by atoms with Crippen molar-refractivity contribution < 1.29 is 14.6 Å². The molecule has 0 radical (unpaired) electrons. The van der Waals surface area contributed by atoms with Crippen LogP contribution in [0.1, 0.15) is 44.6 Å². The number of unbranched alkanes of at least 4 members (excludes halogenated alkanes) is 2. The molecule has 1 aromatic rings. The number of carboxylic acid groups (broad SMARTS) is 1. The van der Waals surface area contributed by atoms with Crippen LogP contribution in [0.4, 0.5) is 0 Å². The van der Waals surface area contributed by atoms with Gasteiger partial charge in [0.25, 0.3) is 0 Å². The highest BCUT2D eigenvalue weighted by Gasteiger charge is 2.01. The van der Waals surface area contributed by atoms with Gasteiger partial charge in [-0.05, 0) is 36.1 Å². The Morgan fingerprint density at radius 2 is 1.95 bits per heavy atom. The largest absolute Gasteiger partial charge is 0.497 e. The lowest BCUT2D eigenvalue weighted by atomic mass is 9.99. The third-order valence-electron chi connectivity index (χ3n) is 3.24. The molecule has 0 aliphatic carbocycles. The van der Waals surface area contributed by atoms with Crippen molar-refractivity contribution in [2.24, 2.45) is 0 Å². The van der Waals surface area contributed by atoms with Gasteiger partial charge in [0.05, 0.1) is 13.5 Å². The number of ether oxygens (including phenoxy) is 1. The molecule has 0 aliphatic rings. The smallest absolute Gasteiger partial charge is 0.307 e. The normalized spacial score (nSPS) is 11.8. The molecule has 0 amide bonds. The molecule has 1 rings (SSSR count). The van der Waals surface area contributed by atoms with Crippen LogP contribution in [-0.4, -0.2) is 18.2 Å². The number of aliphatic carboxylic acids is 1. The number of rotatable bonds is 9. The Morgan fingerprint density at radius 1 is 1.24 bits per heavy atom. The van der Waals surface area contributed by atoms with E-state index in [-0.39, 0.29) is 6.42 Å². The van der Waals surface area contributed by atoms with Gasteiger partial charge in [0, 0.05) is 0 Å². The Morgan fingerprint density at radius 3 is 2.52 bits per heavy atom. The summed E-state index contributed by atoms with van der Waals surface area (Å²) in [6.07, 6.45) is 10.1. The lowest BCUT2D eigenvalue weighted by Crippen LogP contribution is -1.90. The minimum absolute atomic E-state index is 0.0569. The summed E-state index contributed by atoms with van der Waals surface area (Å²) in [5.74, 6) is 0.0321. The van der Waals surface area contributed by atoms with E-state index < -0.39 is 5.97 Å². The third kappa shape index (κ3) is 6.80. The second-order valence-corrected chi connectivity index (χ2v) is 4.90. The van der Waals surface area contributed by atoms with Gasteiger partial charge in [-0.15, -0.1) is 0 Å². The van der Waals surface area contributed by atoms with Crippen LogP contribution in [0, 0.1) is 0 Å². The summed E-state index contributed by atoms with van der Waals surface area (Å²) in [5, 5.41) is 8.64. The van der Waals surface area contributed by atoms with Crippen LogP contribution < -0.4 is 4.74 Å². The molecule has 1 N–H and O–H groups in total. The fraction of sp³-hybridized carbons (Fsp3) is 0.389. The number of methoxy groups -OCH3 is 1. The van der Waals surface area contributed by atoms with Gasteiger partial charge < -0.3 is 9.84 Å². The minimum Gasteiger partial charge on any atom is -0.497 e. The summed E-state index contributed by atoms with van der Waals surface area (Å²) < 4.78 is 5.17. The lowest BCUT2D eigenvalue weighted by molar-refractivity contribution is -0.136. The van der Waals surface area contributed by atoms with Crippen molar-refractivity contribution in [3.63, 3.8) is 0 Å². The molecule has 0 aromatic heterocycles. The Labute approximate surface area is 127 Å². The molecule has 0 saturated carbocycles. The van der Waals surface area contributed by atoms with Crippen molar-refractivity contribution in [2.45, 2.75) is 39.0 Å². The number of carboxylic acids is 1. The highest BCUT2D eigenvalue weighted by molar-refractivity contribution is 5.70. The predicted molar refractivity (Wildman–Crippen MR) is 86.5 cm³/mol. The molecule has 3 nitrogen and oxygen atoms in total. The van der Waals surface area contributed by atoms with Crippen molar-refractivity contribution in [1.29, 1.82) is 0 Å². The first-order chi connectivity index (χ1) is 10.2. The summed E-state index contributed by atoms with van der Waals surface area (Å²) in [5.41, 5.74) is 2.39. The van der Waals surface area contributed by atoms with Crippen molar-refractivity contribution in [2.75, 3.05) is 7.11 Å². The van der Waals surface area contributed by atoms with E-state index in [2.05, 4.69) is 6.92 Å². The molecule has 0 spiro atoms. The van der Waals surface area contributed by atoms with Crippen LogP contribution in [0.3, 0.4) is 0 Å². The highest BCUT2D eigenvalue weighted by atomic mass is 16.5. The molecule has 1 aromatic carbocycles. The fourth-order valence-electron chi connectivity index (χ4n) is 2.05. The molecule has 0 atom stereocenters. The summed E-state index contributed by atoms with van der Waals surface area (Å²) in [4.78, 5) is 10.5. The summed E-state index contributed by atoms with van der Waals surface area (Å²) >= 11 is 0. The van der Waals surface area contributed by atoms with Crippen LogP contribution in [0.2, 0.25) is 0 Å². The third-order valence-corrected chi connectivity index (χ3v) is 3.24. The number of allylic oxidation sites excluding steroid dienone is 3. The second kappa shape index (κ2) is 9.81. The maximum Gasteiger partial charge on any atom is 0.307 e. The number of benzene rings is 1. The number of hydrogen-bond donors (Lipinski definition) is 1. The van der Waals surface area contributed by atoms with Gasteiger partial charge in [-0.2, -0.15) is 0 Å². The molecule has 0 aliphatic heterocycles. The summed E-state index contributed by atoms with van der Waals surface area (Å²) in [6, 6.07) is 7.98. The van der Waals surface area contributed by atoms with Gasteiger partial charge in [0.1, 0.15) is 5.75 Å². The zero-order valence-electron chi connectivity index (χ0n) is 12.8. The molecule has 0 fully saturated rings. The molecule has 0 unspecified atom stereocenters. The summed E-state index contributed by atoms with van der Waals surface area (Å²) in [6.45, 7) is 2.18. The molecule has 3 heteroatoms. The predicted octanol–water partition coefficient (Wildman–Crippen LogP) is 4.69.